The van der Waals surface area contributed by atoms with Crippen LogP contribution in [-0.4, -0.2) is 68.1 Å². The lowest BCUT2D eigenvalue weighted by molar-refractivity contribution is -0.121. The maximum atomic E-state index is 12.1. The fourth-order valence-corrected chi connectivity index (χ4v) is 2.92. The minimum Gasteiger partial charge on any atom is -0.494 e. The van der Waals surface area contributed by atoms with Gasteiger partial charge in [0.1, 0.15) is 5.75 Å². The number of likely N-dealkylation sites (N-methyl/N-ethyl adjacent to an activating group) is 1. The van der Waals surface area contributed by atoms with Gasteiger partial charge in [-0.2, -0.15) is 0 Å². The summed E-state index contributed by atoms with van der Waals surface area (Å²) < 4.78 is 5.43. The number of aryl methyl sites for hydroxylation is 1. The lowest BCUT2D eigenvalue weighted by Crippen LogP contribution is -2.51. The Kier molecular flexibility index (Phi) is 7.53. The van der Waals surface area contributed by atoms with E-state index in [9.17, 15) is 4.79 Å². The predicted molar refractivity (Wildman–Crippen MR) is 97.5 cm³/mol. The third-order valence-electron chi connectivity index (χ3n) is 4.63. The van der Waals surface area contributed by atoms with Crippen LogP contribution in [0.2, 0.25) is 0 Å². The van der Waals surface area contributed by atoms with Gasteiger partial charge < -0.3 is 15.0 Å². The zero-order valence-corrected chi connectivity index (χ0v) is 15.3. The average Bonchev–Trinajstić information content (AvgIpc) is 2.60. The second-order valence-electron chi connectivity index (χ2n) is 6.57. The van der Waals surface area contributed by atoms with Crippen LogP contribution in [0.25, 0.3) is 0 Å². The number of carbonyl (C=O) groups is 1. The highest BCUT2D eigenvalue weighted by molar-refractivity contribution is 5.76. The maximum absolute atomic E-state index is 12.1. The van der Waals surface area contributed by atoms with Crippen molar-refractivity contribution in [3.05, 3.63) is 29.8 Å². The summed E-state index contributed by atoms with van der Waals surface area (Å²) in [5.74, 6) is 1.01. The Bertz CT molecular complexity index is 496. The molecule has 1 N–H and O–H groups in total. The molecule has 0 aromatic heterocycles. The van der Waals surface area contributed by atoms with E-state index in [4.69, 9.17) is 4.74 Å². The van der Waals surface area contributed by atoms with Crippen LogP contribution in [0.15, 0.2) is 24.3 Å². The molecule has 134 valence electrons. The predicted octanol–water partition coefficient (Wildman–Crippen LogP) is 1.77. The van der Waals surface area contributed by atoms with Gasteiger partial charge in [-0.25, -0.2) is 0 Å². The van der Waals surface area contributed by atoms with Crippen LogP contribution < -0.4 is 10.1 Å². The summed E-state index contributed by atoms with van der Waals surface area (Å²) in [4.78, 5) is 16.9. The minimum absolute atomic E-state index is 0.130. The van der Waals surface area contributed by atoms with Crippen LogP contribution in [0.4, 0.5) is 0 Å². The van der Waals surface area contributed by atoms with Crippen molar-refractivity contribution in [3.8, 4) is 5.75 Å². The van der Waals surface area contributed by atoms with Crippen molar-refractivity contribution in [2.75, 3.05) is 46.4 Å². The van der Waals surface area contributed by atoms with Gasteiger partial charge >= 0.3 is 0 Å². The molecule has 1 heterocycles. The van der Waals surface area contributed by atoms with Gasteiger partial charge in [0.05, 0.1) is 6.61 Å². The van der Waals surface area contributed by atoms with E-state index in [-0.39, 0.29) is 5.91 Å². The molecule has 1 aliphatic heterocycles. The van der Waals surface area contributed by atoms with E-state index in [1.807, 2.05) is 31.2 Å². The zero-order chi connectivity index (χ0) is 17.4. The quantitative estimate of drug-likeness (QED) is 0.787. The Balaban J connectivity index is 1.65. The lowest BCUT2D eigenvalue weighted by Gasteiger charge is -2.36. The van der Waals surface area contributed by atoms with Crippen LogP contribution in [0.5, 0.6) is 5.75 Å². The fourth-order valence-electron chi connectivity index (χ4n) is 2.92. The standard InChI is InChI=1S/C19H31N3O2/c1-4-24-18-8-5-17(6-9-18)7-10-19(23)20-15-16(2)22-13-11-21(3)12-14-22/h5-6,8-9,16H,4,7,10-15H2,1-3H3,(H,20,23)/t16-/m1/s1. The van der Waals surface area contributed by atoms with E-state index >= 15 is 0 Å². The van der Waals surface area contributed by atoms with Gasteiger partial charge in [0.15, 0.2) is 0 Å². The van der Waals surface area contributed by atoms with Crippen molar-refractivity contribution in [1.82, 2.24) is 15.1 Å². The number of benzene rings is 1. The van der Waals surface area contributed by atoms with Crippen molar-refractivity contribution in [2.24, 2.45) is 0 Å². The Morgan fingerprint density at radius 2 is 1.88 bits per heavy atom. The topological polar surface area (TPSA) is 44.8 Å². The average molecular weight is 333 g/mol. The van der Waals surface area contributed by atoms with Crippen LogP contribution in [-0.2, 0) is 11.2 Å². The molecule has 2 rings (SSSR count). The second kappa shape index (κ2) is 9.64. The number of hydrogen-bond donors (Lipinski definition) is 1. The molecule has 5 heteroatoms. The SMILES string of the molecule is CCOc1ccc(CCC(=O)NC[C@@H](C)N2CCN(C)CC2)cc1. The van der Waals surface area contributed by atoms with Gasteiger partial charge in [-0.15, -0.1) is 0 Å². The summed E-state index contributed by atoms with van der Waals surface area (Å²) in [7, 11) is 2.16. The first-order chi connectivity index (χ1) is 11.6. The summed E-state index contributed by atoms with van der Waals surface area (Å²) in [5, 5.41) is 3.07. The molecule has 0 radical (unpaired) electrons. The third-order valence-corrected chi connectivity index (χ3v) is 4.63. The van der Waals surface area contributed by atoms with Crippen LogP contribution in [0.3, 0.4) is 0 Å². The van der Waals surface area contributed by atoms with Crippen molar-refractivity contribution in [2.45, 2.75) is 32.7 Å². The number of piperazine rings is 1. The molecule has 1 amide bonds. The number of rotatable bonds is 8. The molecule has 1 atom stereocenters. The van der Waals surface area contributed by atoms with Gasteiger partial charge in [-0.1, -0.05) is 12.1 Å². The summed E-state index contributed by atoms with van der Waals surface area (Å²) in [6, 6.07) is 8.39. The highest BCUT2D eigenvalue weighted by Gasteiger charge is 2.19. The van der Waals surface area contributed by atoms with Gasteiger partial charge in [-0.3, -0.25) is 9.69 Å². The first kappa shape index (κ1) is 18.7. The monoisotopic (exact) mass is 333 g/mol. The Morgan fingerprint density at radius 3 is 2.50 bits per heavy atom. The Hall–Kier alpha value is -1.59. The largest absolute Gasteiger partial charge is 0.494 e. The smallest absolute Gasteiger partial charge is 0.220 e. The van der Waals surface area contributed by atoms with Gasteiger partial charge in [0.25, 0.3) is 0 Å². The fraction of sp³-hybridized carbons (Fsp3) is 0.632. The van der Waals surface area contributed by atoms with E-state index in [2.05, 4.69) is 29.1 Å². The minimum atomic E-state index is 0.130. The van der Waals surface area contributed by atoms with Crippen LogP contribution in [0.1, 0.15) is 25.8 Å². The molecule has 0 aliphatic carbocycles. The number of carbonyl (C=O) groups excluding carboxylic acids is 1. The summed E-state index contributed by atoms with van der Waals surface area (Å²) in [6.07, 6.45) is 1.30. The summed E-state index contributed by atoms with van der Waals surface area (Å²) in [5.41, 5.74) is 1.17. The van der Waals surface area contributed by atoms with E-state index < -0.39 is 0 Å². The number of amides is 1. The number of nitrogens with one attached hydrogen (secondary N) is 1. The van der Waals surface area contributed by atoms with Gasteiger partial charge in [0, 0.05) is 45.2 Å². The van der Waals surface area contributed by atoms with Crippen molar-refractivity contribution in [3.63, 3.8) is 0 Å². The molecule has 1 saturated heterocycles. The highest BCUT2D eigenvalue weighted by Crippen LogP contribution is 2.13. The molecule has 1 aliphatic rings. The Morgan fingerprint density at radius 1 is 1.21 bits per heavy atom. The van der Waals surface area contributed by atoms with Crippen molar-refractivity contribution < 1.29 is 9.53 Å². The third kappa shape index (κ3) is 6.13. The second-order valence-corrected chi connectivity index (χ2v) is 6.57. The Labute approximate surface area is 146 Å². The molecule has 24 heavy (non-hydrogen) atoms. The van der Waals surface area contributed by atoms with Crippen LogP contribution >= 0.6 is 0 Å². The van der Waals surface area contributed by atoms with E-state index in [0.29, 0.717) is 19.1 Å². The van der Waals surface area contributed by atoms with Gasteiger partial charge in [-0.05, 0) is 45.0 Å². The number of ether oxygens (including phenoxy) is 1. The normalized spacial score (nSPS) is 17.5. The summed E-state index contributed by atoms with van der Waals surface area (Å²) in [6.45, 7) is 9.95. The molecule has 0 bridgehead atoms. The first-order valence-corrected chi connectivity index (χ1v) is 8.99. The van der Waals surface area contributed by atoms with E-state index in [0.717, 1.165) is 44.9 Å². The molecular weight excluding hydrogens is 302 g/mol. The zero-order valence-electron chi connectivity index (χ0n) is 15.3. The van der Waals surface area contributed by atoms with Crippen molar-refractivity contribution >= 4 is 5.91 Å². The number of hydrogen-bond acceptors (Lipinski definition) is 4. The summed E-state index contributed by atoms with van der Waals surface area (Å²) >= 11 is 0. The van der Waals surface area contributed by atoms with E-state index in [1.165, 1.54) is 5.56 Å². The molecule has 0 unspecified atom stereocenters. The molecule has 1 aromatic rings. The molecular formula is C19H31N3O2. The van der Waals surface area contributed by atoms with Crippen LogP contribution in [0, 0.1) is 0 Å². The molecule has 0 spiro atoms. The highest BCUT2D eigenvalue weighted by atomic mass is 16.5. The number of nitrogens with zero attached hydrogens (tertiary/aromatic N) is 2. The molecule has 1 aromatic carbocycles. The maximum Gasteiger partial charge on any atom is 0.220 e. The first-order valence-electron chi connectivity index (χ1n) is 8.99. The molecule has 0 saturated carbocycles. The van der Waals surface area contributed by atoms with Crippen molar-refractivity contribution in [1.29, 1.82) is 0 Å². The molecule has 5 nitrogen and oxygen atoms in total. The lowest BCUT2D eigenvalue weighted by atomic mass is 10.1. The van der Waals surface area contributed by atoms with E-state index in [1.54, 1.807) is 0 Å². The molecule has 1 fully saturated rings. The van der Waals surface area contributed by atoms with Gasteiger partial charge in [0.2, 0.25) is 5.91 Å².